The van der Waals surface area contributed by atoms with Crippen LogP contribution in [0.2, 0.25) is 0 Å². The number of hydrogen-bond acceptors (Lipinski definition) is 5. The van der Waals surface area contributed by atoms with Gasteiger partial charge in [-0.25, -0.2) is 4.98 Å². The standard InChI is InChI=1S/C14H17Br2N5O2.ClH/c1-2-20-10-6-9(15)11(16)13(21(22)23)12(10)19-14(20)18-8-4-3-5-17-7-8;/h6,8,17H,2-5,7H2,1H3,(H,18,19);1H/t8-;/m0./s1. The quantitative estimate of drug-likeness (QED) is 0.506. The molecule has 0 saturated carbocycles. The lowest BCUT2D eigenvalue weighted by molar-refractivity contribution is -0.384. The summed E-state index contributed by atoms with van der Waals surface area (Å²) < 4.78 is 3.05. The Bertz CT molecular complexity index is 761. The zero-order valence-electron chi connectivity index (χ0n) is 13.0. The van der Waals surface area contributed by atoms with E-state index in [2.05, 4.69) is 47.5 Å². The van der Waals surface area contributed by atoms with E-state index in [-0.39, 0.29) is 24.1 Å². The number of benzene rings is 1. The van der Waals surface area contributed by atoms with Crippen LogP contribution in [0.3, 0.4) is 0 Å². The molecule has 1 aliphatic heterocycles. The van der Waals surface area contributed by atoms with Crippen LogP contribution in [-0.2, 0) is 6.54 Å². The summed E-state index contributed by atoms with van der Waals surface area (Å²) in [6, 6.07) is 2.16. The molecule has 0 aliphatic carbocycles. The SMILES string of the molecule is CCn1c(N[C@H]2CCCNC2)nc2c([N+](=O)[O-])c(Br)c(Br)cc21.Cl. The zero-order valence-corrected chi connectivity index (χ0v) is 17.0. The number of aryl methyl sites for hydroxylation is 1. The van der Waals surface area contributed by atoms with Crippen LogP contribution in [0.15, 0.2) is 15.0 Å². The topological polar surface area (TPSA) is 85.0 Å². The van der Waals surface area contributed by atoms with Crippen LogP contribution in [-0.4, -0.2) is 33.6 Å². The summed E-state index contributed by atoms with van der Waals surface area (Å²) in [7, 11) is 0. The van der Waals surface area contributed by atoms with E-state index in [0.717, 1.165) is 31.4 Å². The monoisotopic (exact) mass is 481 g/mol. The normalized spacial score (nSPS) is 17.5. The maximum Gasteiger partial charge on any atom is 0.312 e. The van der Waals surface area contributed by atoms with Gasteiger partial charge in [0.2, 0.25) is 5.95 Å². The fourth-order valence-electron chi connectivity index (χ4n) is 2.94. The fraction of sp³-hybridized carbons (Fsp3) is 0.500. The number of aromatic nitrogens is 2. The van der Waals surface area contributed by atoms with Crippen LogP contribution in [0, 0.1) is 10.1 Å². The summed E-state index contributed by atoms with van der Waals surface area (Å²) in [4.78, 5) is 15.6. The van der Waals surface area contributed by atoms with E-state index in [4.69, 9.17) is 0 Å². The Kier molecular flexibility index (Phi) is 6.46. The molecule has 1 aliphatic rings. The molecule has 1 saturated heterocycles. The Morgan fingerprint density at radius 3 is 2.88 bits per heavy atom. The van der Waals surface area contributed by atoms with E-state index in [9.17, 15) is 10.1 Å². The van der Waals surface area contributed by atoms with Crippen molar-refractivity contribution >= 4 is 66.9 Å². The fourth-order valence-corrected chi connectivity index (χ4v) is 3.79. The Hall–Kier alpha value is -0.900. The van der Waals surface area contributed by atoms with Crippen LogP contribution >= 0.6 is 44.3 Å². The molecule has 24 heavy (non-hydrogen) atoms. The van der Waals surface area contributed by atoms with E-state index in [1.54, 1.807) is 0 Å². The minimum atomic E-state index is -0.393. The molecule has 0 radical (unpaired) electrons. The predicted molar refractivity (Wildman–Crippen MR) is 104 cm³/mol. The number of nitrogens with zero attached hydrogens (tertiary/aromatic N) is 3. The third-order valence-electron chi connectivity index (χ3n) is 4.04. The molecule has 2 N–H and O–H groups in total. The summed E-state index contributed by atoms with van der Waals surface area (Å²) in [5.74, 6) is 0.685. The van der Waals surface area contributed by atoms with Crippen molar-refractivity contribution in [3.8, 4) is 0 Å². The van der Waals surface area contributed by atoms with Gasteiger partial charge in [0, 0.05) is 23.6 Å². The van der Waals surface area contributed by atoms with E-state index in [1.165, 1.54) is 0 Å². The first-order valence-corrected chi connectivity index (χ1v) is 9.11. The number of anilines is 1. The largest absolute Gasteiger partial charge is 0.352 e. The van der Waals surface area contributed by atoms with E-state index >= 15 is 0 Å². The van der Waals surface area contributed by atoms with E-state index < -0.39 is 4.92 Å². The number of halogens is 3. The molecule has 3 rings (SSSR count). The van der Waals surface area contributed by atoms with Crippen LogP contribution < -0.4 is 10.6 Å². The number of fused-ring (bicyclic) bond motifs is 1. The van der Waals surface area contributed by atoms with Gasteiger partial charge in [-0.1, -0.05) is 0 Å². The number of nitrogens with one attached hydrogen (secondary N) is 2. The first-order valence-electron chi connectivity index (χ1n) is 7.52. The molecule has 2 heterocycles. The minimum Gasteiger partial charge on any atom is -0.352 e. The highest BCUT2D eigenvalue weighted by molar-refractivity contribution is 9.13. The molecular formula is C14H18Br2ClN5O2. The number of imidazole rings is 1. The zero-order chi connectivity index (χ0) is 16.6. The molecule has 0 amide bonds. The first kappa shape index (κ1) is 19.4. The number of nitro groups is 1. The molecule has 1 aromatic heterocycles. The van der Waals surface area contributed by atoms with Crippen molar-refractivity contribution in [1.29, 1.82) is 0 Å². The van der Waals surface area contributed by atoms with Crippen molar-refractivity contribution in [2.24, 2.45) is 0 Å². The predicted octanol–water partition coefficient (Wildman–Crippen LogP) is 4.08. The lowest BCUT2D eigenvalue weighted by Gasteiger charge is -2.24. The van der Waals surface area contributed by atoms with Gasteiger partial charge in [-0.3, -0.25) is 10.1 Å². The van der Waals surface area contributed by atoms with Crippen molar-refractivity contribution in [3.05, 3.63) is 25.1 Å². The number of piperidine rings is 1. The van der Waals surface area contributed by atoms with Crippen LogP contribution in [0.1, 0.15) is 19.8 Å². The second-order valence-electron chi connectivity index (χ2n) is 5.51. The highest BCUT2D eigenvalue weighted by atomic mass is 79.9. The van der Waals surface area contributed by atoms with Gasteiger partial charge in [0.1, 0.15) is 4.47 Å². The van der Waals surface area contributed by atoms with Crippen LogP contribution in [0.4, 0.5) is 11.6 Å². The Balaban J connectivity index is 0.00000208. The molecule has 1 atom stereocenters. The van der Waals surface area contributed by atoms with Gasteiger partial charge < -0.3 is 15.2 Å². The molecule has 0 bridgehead atoms. The van der Waals surface area contributed by atoms with E-state index in [1.807, 2.05) is 17.6 Å². The molecular weight excluding hydrogens is 465 g/mol. The molecule has 1 fully saturated rings. The highest BCUT2D eigenvalue weighted by Gasteiger charge is 2.26. The number of hydrogen-bond donors (Lipinski definition) is 2. The third kappa shape index (κ3) is 3.54. The second-order valence-corrected chi connectivity index (χ2v) is 7.16. The molecule has 2 aromatic rings. The number of nitro benzene ring substituents is 1. The van der Waals surface area contributed by atoms with Crippen molar-refractivity contribution in [3.63, 3.8) is 0 Å². The molecule has 7 nitrogen and oxygen atoms in total. The Morgan fingerprint density at radius 2 is 2.29 bits per heavy atom. The highest BCUT2D eigenvalue weighted by Crippen LogP contribution is 2.40. The number of rotatable bonds is 4. The van der Waals surface area contributed by atoms with Gasteiger partial charge in [0.05, 0.1) is 10.4 Å². The molecule has 1 aromatic carbocycles. The lowest BCUT2D eigenvalue weighted by atomic mass is 10.1. The van der Waals surface area contributed by atoms with E-state index in [0.29, 0.717) is 27.0 Å². The Labute approximate surface area is 162 Å². The summed E-state index contributed by atoms with van der Waals surface area (Å²) in [6.45, 7) is 4.60. The molecule has 0 unspecified atom stereocenters. The molecule has 10 heteroatoms. The maximum absolute atomic E-state index is 11.5. The van der Waals surface area contributed by atoms with Crippen LogP contribution in [0.25, 0.3) is 11.0 Å². The maximum atomic E-state index is 11.5. The average molecular weight is 484 g/mol. The van der Waals surface area contributed by atoms with Crippen molar-refractivity contribution in [2.75, 3.05) is 18.4 Å². The average Bonchev–Trinajstić information content (AvgIpc) is 2.85. The van der Waals surface area contributed by atoms with Crippen molar-refractivity contribution in [1.82, 2.24) is 14.9 Å². The van der Waals surface area contributed by atoms with Gasteiger partial charge in [0.15, 0.2) is 5.52 Å². The summed E-state index contributed by atoms with van der Waals surface area (Å²) in [5.41, 5.74) is 1.14. The van der Waals surface area contributed by atoms with Gasteiger partial charge >= 0.3 is 5.69 Å². The second kappa shape index (κ2) is 7.99. The molecule has 132 valence electrons. The van der Waals surface area contributed by atoms with Gasteiger partial charge in [0.25, 0.3) is 0 Å². The summed E-state index contributed by atoms with van der Waals surface area (Å²) in [5, 5.41) is 18.2. The smallest absolute Gasteiger partial charge is 0.312 e. The summed E-state index contributed by atoms with van der Waals surface area (Å²) in [6.07, 6.45) is 2.18. The van der Waals surface area contributed by atoms with Gasteiger partial charge in [-0.15, -0.1) is 12.4 Å². The van der Waals surface area contributed by atoms with Gasteiger partial charge in [-0.2, -0.15) is 0 Å². The van der Waals surface area contributed by atoms with Crippen LogP contribution in [0.5, 0.6) is 0 Å². The van der Waals surface area contributed by atoms with Gasteiger partial charge in [-0.05, 0) is 64.2 Å². The third-order valence-corrected chi connectivity index (χ3v) is 6.00. The lowest BCUT2D eigenvalue weighted by Crippen LogP contribution is -2.39. The minimum absolute atomic E-state index is 0. The summed E-state index contributed by atoms with van der Waals surface area (Å²) >= 11 is 6.67. The van der Waals surface area contributed by atoms with Crippen molar-refractivity contribution < 1.29 is 4.92 Å². The molecule has 0 spiro atoms. The first-order chi connectivity index (χ1) is 11.0. The Morgan fingerprint density at radius 1 is 1.54 bits per heavy atom. The van der Waals surface area contributed by atoms with Crippen molar-refractivity contribution in [2.45, 2.75) is 32.4 Å².